The maximum absolute atomic E-state index is 12.3. The van der Waals surface area contributed by atoms with E-state index in [1.807, 2.05) is 73.7 Å². The second kappa shape index (κ2) is 7.61. The largest absolute Gasteiger partial charge is 0.497 e. The number of esters is 1. The average molecular weight is 372 g/mol. The lowest BCUT2D eigenvalue weighted by Crippen LogP contribution is -1.97. The summed E-state index contributed by atoms with van der Waals surface area (Å²) >= 11 is 0. The SMILES string of the molecule is CCOc1ccc(/C=C2/C=C(c3ccc4cc(OC)ccc4c3)OC2=O)cc1. The molecule has 0 atom stereocenters. The van der Waals surface area contributed by atoms with Crippen LogP contribution in [0.25, 0.3) is 22.6 Å². The van der Waals surface area contributed by atoms with E-state index in [0.717, 1.165) is 33.4 Å². The number of methoxy groups -OCH3 is 1. The van der Waals surface area contributed by atoms with Crippen molar-refractivity contribution in [2.24, 2.45) is 0 Å². The van der Waals surface area contributed by atoms with Gasteiger partial charge in [-0.15, -0.1) is 0 Å². The molecular weight excluding hydrogens is 352 g/mol. The molecule has 0 saturated heterocycles. The zero-order valence-electron chi connectivity index (χ0n) is 15.8. The predicted molar refractivity (Wildman–Crippen MR) is 110 cm³/mol. The molecule has 1 aliphatic rings. The fourth-order valence-electron chi connectivity index (χ4n) is 3.14. The van der Waals surface area contributed by atoms with E-state index in [2.05, 4.69) is 0 Å². The first-order valence-corrected chi connectivity index (χ1v) is 9.13. The number of fused-ring (bicyclic) bond motifs is 1. The summed E-state index contributed by atoms with van der Waals surface area (Å²) in [5, 5.41) is 2.12. The van der Waals surface area contributed by atoms with Crippen molar-refractivity contribution in [1.82, 2.24) is 0 Å². The zero-order valence-corrected chi connectivity index (χ0v) is 15.8. The van der Waals surface area contributed by atoms with Crippen LogP contribution in [0, 0.1) is 0 Å². The maximum Gasteiger partial charge on any atom is 0.343 e. The molecular formula is C24H20O4. The molecule has 0 N–H and O–H groups in total. The van der Waals surface area contributed by atoms with Gasteiger partial charge in [-0.25, -0.2) is 4.79 Å². The van der Waals surface area contributed by atoms with Crippen molar-refractivity contribution in [2.45, 2.75) is 6.92 Å². The van der Waals surface area contributed by atoms with Crippen molar-refractivity contribution in [1.29, 1.82) is 0 Å². The summed E-state index contributed by atoms with van der Waals surface area (Å²) < 4.78 is 16.2. The van der Waals surface area contributed by atoms with Crippen LogP contribution in [0.5, 0.6) is 11.5 Å². The third-order valence-electron chi connectivity index (χ3n) is 4.57. The first-order chi connectivity index (χ1) is 13.7. The number of ether oxygens (including phenoxy) is 3. The molecule has 4 heteroatoms. The number of rotatable bonds is 5. The number of benzene rings is 3. The van der Waals surface area contributed by atoms with Crippen LogP contribution in [0.15, 0.2) is 72.3 Å². The number of hydrogen-bond donors (Lipinski definition) is 0. The van der Waals surface area contributed by atoms with E-state index in [9.17, 15) is 4.79 Å². The summed E-state index contributed by atoms with van der Waals surface area (Å²) in [4.78, 5) is 12.3. The number of cyclic esters (lactones) is 1. The van der Waals surface area contributed by atoms with Crippen molar-refractivity contribution in [2.75, 3.05) is 13.7 Å². The molecule has 0 amide bonds. The minimum Gasteiger partial charge on any atom is -0.497 e. The molecule has 0 spiro atoms. The molecule has 4 nitrogen and oxygen atoms in total. The Labute approximate surface area is 163 Å². The smallest absolute Gasteiger partial charge is 0.343 e. The van der Waals surface area contributed by atoms with Gasteiger partial charge in [0.1, 0.15) is 17.3 Å². The van der Waals surface area contributed by atoms with Gasteiger partial charge in [0.05, 0.1) is 19.3 Å². The van der Waals surface area contributed by atoms with Gasteiger partial charge in [0.15, 0.2) is 0 Å². The molecule has 1 heterocycles. The molecule has 3 aromatic rings. The molecule has 0 fully saturated rings. The molecule has 28 heavy (non-hydrogen) atoms. The first kappa shape index (κ1) is 17.9. The highest BCUT2D eigenvalue weighted by Gasteiger charge is 2.22. The van der Waals surface area contributed by atoms with Gasteiger partial charge in [-0.05, 0) is 65.7 Å². The fraction of sp³-hybridized carbons (Fsp3) is 0.125. The molecule has 0 aromatic heterocycles. The van der Waals surface area contributed by atoms with Crippen molar-refractivity contribution in [3.8, 4) is 11.5 Å². The second-order valence-corrected chi connectivity index (χ2v) is 6.43. The summed E-state index contributed by atoms with van der Waals surface area (Å²) in [6.07, 6.45) is 3.60. The predicted octanol–water partition coefficient (Wildman–Crippen LogP) is 5.23. The van der Waals surface area contributed by atoms with E-state index in [1.165, 1.54) is 0 Å². The molecule has 0 unspecified atom stereocenters. The molecule has 140 valence electrons. The van der Waals surface area contributed by atoms with Gasteiger partial charge >= 0.3 is 5.97 Å². The van der Waals surface area contributed by atoms with Crippen molar-refractivity contribution < 1.29 is 19.0 Å². The van der Waals surface area contributed by atoms with Gasteiger partial charge in [0.25, 0.3) is 0 Å². The van der Waals surface area contributed by atoms with Gasteiger partial charge < -0.3 is 14.2 Å². The Morgan fingerprint density at radius 1 is 0.929 bits per heavy atom. The minimum atomic E-state index is -0.348. The van der Waals surface area contributed by atoms with Gasteiger partial charge in [-0.2, -0.15) is 0 Å². The van der Waals surface area contributed by atoms with E-state index < -0.39 is 0 Å². The van der Waals surface area contributed by atoms with E-state index in [1.54, 1.807) is 13.2 Å². The Balaban J connectivity index is 1.62. The van der Waals surface area contributed by atoms with Crippen molar-refractivity contribution in [3.63, 3.8) is 0 Å². The fourth-order valence-corrected chi connectivity index (χ4v) is 3.14. The van der Waals surface area contributed by atoms with Crippen LogP contribution < -0.4 is 9.47 Å². The van der Waals surface area contributed by atoms with Gasteiger partial charge in [0.2, 0.25) is 0 Å². The maximum atomic E-state index is 12.3. The van der Waals surface area contributed by atoms with Gasteiger partial charge in [-0.3, -0.25) is 0 Å². The minimum absolute atomic E-state index is 0.348. The summed E-state index contributed by atoms with van der Waals surface area (Å²) in [5.74, 6) is 1.83. The third-order valence-corrected chi connectivity index (χ3v) is 4.57. The van der Waals surface area contributed by atoms with Gasteiger partial charge in [0, 0.05) is 5.56 Å². The lowest BCUT2D eigenvalue weighted by molar-refractivity contribution is -0.130. The summed E-state index contributed by atoms with van der Waals surface area (Å²) in [6, 6.07) is 19.4. The standard InChI is InChI=1S/C24H20O4/c1-3-27-21-9-4-16(5-10-21)12-20-15-23(28-24(20)25)19-7-6-18-14-22(26-2)11-8-17(18)13-19/h4-15H,3H2,1-2H3/b20-12-. The van der Waals surface area contributed by atoms with Crippen LogP contribution in [-0.4, -0.2) is 19.7 Å². The molecule has 0 aliphatic carbocycles. The zero-order chi connectivity index (χ0) is 19.5. The average Bonchev–Trinajstić information content (AvgIpc) is 3.09. The van der Waals surface area contributed by atoms with E-state index in [0.29, 0.717) is 17.9 Å². The lowest BCUT2D eigenvalue weighted by Gasteiger charge is -2.06. The van der Waals surface area contributed by atoms with E-state index in [4.69, 9.17) is 14.2 Å². The van der Waals surface area contributed by atoms with Crippen LogP contribution >= 0.6 is 0 Å². The van der Waals surface area contributed by atoms with Crippen LogP contribution in [-0.2, 0) is 9.53 Å². The first-order valence-electron chi connectivity index (χ1n) is 9.13. The summed E-state index contributed by atoms with van der Waals surface area (Å²) in [6.45, 7) is 2.57. The molecule has 4 rings (SSSR count). The van der Waals surface area contributed by atoms with Crippen molar-refractivity contribution >= 4 is 28.6 Å². The molecule has 1 aliphatic heterocycles. The Hall–Kier alpha value is -3.53. The number of carbonyl (C=O) groups is 1. The summed E-state index contributed by atoms with van der Waals surface area (Å²) in [7, 11) is 1.65. The molecule has 0 radical (unpaired) electrons. The molecule has 0 bridgehead atoms. The van der Waals surface area contributed by atoms with Crippen LogP contribution in [0.2, 0.25) is 0 Å². The Morgan fingerprint density at radius 2 is 1.64 bits per heavy atom. The lowest BCUT2D eigenvalue weighted by atomic mass is 10.0. The Kier molecular flexibility index (Phi) is 4.85. The number of hydrogen-bond acceptors (Lipinski definition) is 4. The quantitative estimate of drug-likeness (QED) is 0.454. The second-order valence-electron chi connectivity index (χ2n) is 6.43. The monoisotopic (exact) mass is 372 g/mol. The van der Waals surface area contributed by atoms with Crippen molar-refractivity contribution in [3.05, 3.63) is 83.4 Å². The highest BCUT2D eigenvalue weighted by molar-refractivity contribution is 6.05. The molecule has 0 saturated carbocycles. The highest BCUT2D eigenvalue weighted by Crippen LogP contribution is 2.30. The number of carbonyl (C=O) groups excluding carboxylic acids is 1. The topological polar surface area (TPSA) is 44.8 Å². The molecule has 3 aromatic carbocycles. The Bertz CT molecular complexity index is 1090. The van der Waals surface area contributed by atoms with E-state index >= 15 is 0 Å². The van der Waals surface area contributed by atoms with E-state index in [-0.39, 0.29) is 5.97 Å². The van der Waals surface area contributed by atoms with Crippen LogP contribution in [0.4, 0.5) is 0 Å². The Morgan fingerprint density at radius 3 is 2.39 bits per heavy atom. The third kappa shape index (κ3) is 3.62. The normalized spacial score (nSPS) is 14.9. The van der Waals surface area contributed by atoms with Crippen LogP contribution in [0.1, 0.15) is 18.1 Å². The highest BCUT2D eigenvalue weighted by atomic mass is 16.5. The van der Waals surface area contributed by atoms with Gasteiger partial charge in [-0.1, -0.05) is 30.3 Å². The summed E-state index contributed by atoms with van der Waals surface area (Å²) in [5.41, 5.74) is 2.30. The van der Waals surface area contributed by atoms with Crippen LogP contribution in [0.3, 0.4) is 0 Å².